The summed E-state index contributed by atoms with van der Waals surface area (Å²) in [7, 11) is -3.55. The highest BCUT2D eigenvalue weighted by Gasteiger charge is 2.20. The Hall–Kier alpha value is -1.21. The van der Waals surface area contributed by atoms with E-state index in [4.69, 9.17) is 19.6 Å². The molecule has 1 rings (SSSR count). The first-order valence-corrected chi connectivity index (χ1v) is 12.7. The molecule has 0 spiro atoms. The lowest BCUT2D eigenvalue weighted by atomic mass is 10.1. The number of halogens is 2. The normalized spacial score (nSPS) is 13.3. The molecule has 0 aliphatic rings. The predicted molar refractivity (Wildman–Crippen MR) is 114 cm³/mol. The van der Waals surface area contributed by atoms with E-state index in [0.717, 1.165) is 51.4 Å². The van der Waals surface area contributed by atoms with E-state index in [9.17, 15) is 13.3 Å². The van der Waals surface area contributed by atoms with E-state index in [2.05, 4.69) is 0 Å². The second-order valence-electron chi connectivity index (χ2n) is 7.33. The zero-order valence-corrected chi connectivity index (χ0v) is 19.0. The summed E-state index contributed by atoms with van der Waals surface area (Å²) in [6.45, 7) is 4.20. The second-order valence-corrected chi connectivity index (χ2v) is 9.38. The first-order valence-electron chi connectivity index (χ1n) is 10.9. The van der Waals surface area contributed by atoms with Crippen LogP contribution in [0.15, 0.2) is 6.07 Å². The molecule has 9 heteroatoms. The van der Waals surface area contributed by atoms with Crippen LogP contribution in [0.25, 0.3) is 0 Å². The third kappa shape index (κ3) is 9.73. The standard InChI is InChI=1S/C21H36F2NO5P/c1-3-17-16-18(19(22)20(23)21(17)28-4-2)29-14-12-10-8-6-5-7-9-11-13-15-30(26,27)24-25/h16,25H,3-15H2,1-2H3,(H2,24,26,27). The minimum Gasteiger partial charge on any atom is -0.490 e. The van der Waals surface area contributed by atoms with E-state index in [1.807, 2.05) is 6.92 Å². The zero-order chi connectivity index (χ0) is 22.4. The van der Waals surface area contributed by atoms with Crippen molar-refractivity contribution in [2.45, 2.75) is 78.1 Å². The van der Waals surface area contributed by atoms with Crippen LogP contribution in [0, 0.1) is 11.6 Å². The minimum absolute atomic E-state index is 0.0275. The number of hydrogen-bond acceptors (Lipinski definition) is 4. The van der Waals surface area contributed by atoms with Crippen LogP contribution in [0.3, 0.4) is 0 Å². The predicted octanol–water partition coefficient (Wildman–Crippen LogP) is 5.98. The monoisotopic (exact) mass is 451 g/mol. The fourth-order valence-electron chi connectivity index (χ4n) is 3.20. The van der Waals surface area contributed by atoms with Crippen LogP contribution in [0.1, 0.15) is 77.2 Å². The molecule has 0 saturated heterocycles. The molecule has 0 aromatic heterocycles. The number of hydrogen-bond donors (Lipinski definition) is 3. The van der Waals surface area contributed by atoms with Gasteiger partial charge in [-0.05, 0) is 32.3 Å². The molecule has 1 atom stereocenters. The number of ether oxygens (including phenoxy) is 2. The first-order chi connectivity index (χ1) is 14.4. The topological polar surface area (TPSA) is 88.0 Å². The van der Waals surface area contributed by atoms with E-state index < -0.39 is 19.2 Å². The van der Waals surface area contributed by atoms with Gasteiger partial charge in [-0.25, -0.2) is 0 Å². The number of aryl methyl sites for hydroxylation is 1. The molecule has 1 aromatic rings. The molecule has 0 aliphatic carbocycles. The van der Waals surface area contributed by atoms with Gasteiger partial charge in [0.25, 0.3) is 7.52 Å². The van der Waals surface area contributed by atoms with Gasteiger partial charge in [-0.15, -0.1) is 5.25 Å². The molecule has 174 valence electrons. The van der Waals surface area contributed by atoms with Crippen molar-refractivity contribution in [3.05, 3.63) is 23.3 Å². The summed E-state index contributed by atoms with van der Waals surface area (Å²) in [5.74, 6) is -2.07. The molecule has 0 saturated carbocycles. The summed E-state index contributed by atoms with van der Waals surface area (Å²) >= 11 is 0. The van der Waals surface area contributed by atoms with Gasteiger partial charge in [0, 0.05) is 11.7 Å². The quantitative estimate of drug-likeness (QED) is 0.153. The van der Waals surface area contributed by atoms with Crippen molar-refractivity contribution in [1.82, 2.24) is 5.25 Å². The van der Waals surface area contributed by atoms with E-state index in [0.29, 0.717) is 25.0 Å². The lowest BCUT2D eigenvalue weighted by Gasteiger charge is -2.14. The van der Waals surface area contributed by atoms with Crippen LogP contribution in [0.4, 0.5) is 8.78 Å². The minimum atomic E-state index is -3.55. The average Bonchev–Trinajstić information content (AvgIpc) is 2.73. The Bertz CT molecular complexity index is 675. The lowest BCUT2D eigenvalue weighted by Crippen LogP contribution is -2.06. The Morgan fingerprint density at radius 3 is 2.03 bits per heavy atom. The van der Waals surface area contributed by atoms with Crippen molar-refractivity contribution < 1.29 is 32.9 Å². The number of nitrogens with one attached hydrogen (secondary N) is 1. The molecule has 0 amide bonds. The summed E-state index contributed by atoms with van der Waals surface area (Å²) in [4.78, 5) is 9.17. The molecule has 6 nitrogen and oxygen atoms in total. The van der Waals surface area contributed by atoms with E-state index >= 15 is 0 Å². The van der Waals surface area contributed by atoms with E-state index in [1.54, 1.807) is 6.92 Å². The molecule has 0 fully saturated rings. The van der Waals surface area contributed by atoms with Crippen molar-refractivity contribution in [3.8, 4) is 11.5 Å². The number of rotatable bonds is 17. The van der Waals surface area contributed by atoms with Crippen molar-refractivity contribution in [3.63, 3.8) is 0 Å². The molecule has 0 aliphatic heterocycles. The summed E-state index contributed by atoms with van der Waals surface area (Å²) in [5.41, 5.74) is 0.597. The smallest absolute Gasteiger partial charge is 0.289 e. The maximum absolute atomic E-state index is 14.2. The summed E-state index contributed by atoms with van der Waals surface area (Å²) in [5, 5.41) is 9.95. The van der Waals surface area contributed by atoms with Gasteiger partial charge in [0.15, 0.2) is 11.5 Å². The van der Waals surface area contributed by atoms with Gasteiger partial charge in [-0.2, -0.15) is 8.78 Å². The fourth-order valence-corrected chi connectivity index (χ4v) is 3.95. The maximum atomic E-state index is 14.2. The average molecular weight is 451 g/mol. The Balaban J connectivity index is 2.16. The van der Waals surface area contributed by atoms with Crippen LogP contribution in [-0.4, -0.2) is 29.5 Å². The van der Waals surface area contributed by atoms with Gasteiger partial charge in [-0.3, -0.25) is 4.57 Å². The summed E-state index contributed by atoms with van der Waals surface area (Å²) < 4.78 is 50.2. The highest BCUT2D eigenvalue weighted by Crippen LogP contribution is 2.35. The molecule has 1 aromatic carbocycles. The highest BCUT2D eigenvalue weighted by atomic mass is 31.2. The summed E-state index contributed by atoms with van der Waals surface area (Å²) in [6, 6.07) is 1.52. The van der Waals surface area contributed by atoms with Gasteiger partial charge < -0.3 is 19.6 Å². The Labute approximate surface area is 178 Å². The van der Waals surface area contributed by atoms with Crippen LogP contribution in [-0.2, 0) is 11.0 Å². The van der Waals surface area contributed by atoms with Crippen molar-refractivity contribution in [2.75, 3.05) is 19.4 Å². The largest absolute Gasteiger partial charge is 0.490 e. The third-order valence-electron chi connectivity index (χ3n) is 4.89. The third-order valence-corrected chi connectivity index (χ3v) is 6.13. The molecular formula is C21H36F2NO5P. The van der Waals surface area contributed by atoms with E-state index in [-0.39, 0.29) is 24.3 Å². The number of unbranched alkanes of at least 4 members (excludes halogenated alkanes) is 8. The van der Waals surface area contributed by atoms with Crippen molar-refractivity contribution in [2.24, 2.45) is 0 Å². The zero-order valence-electron chi connectivity index (χ0n) is 18.1. The van der Waals surface area contributed by atoms with Crippen LogP contribution in [0.5, 0.6) is 11.5 Å². The van der Waals surface area contributed by atoms with Gasteiger partial charge >= 0.3 is 0 Å². The molecule has 0 radical (unpaired) electrons. The Kier molecular flexibility index (Phi) is 13.2. The van der Waals surface area contributed by atoms with Gasteiger partial charge in [-0.1, -0.05) is 51.9 Å². The van der Waals surface area contributed by atoms with E-state index in [1.165, 1.54) is 11.3 Å². The Morgan fingerprint density at radius 1 is 0.933 bits per heavy atom. The first kappa shape index (κ1) is 26.8. The second kappa shape index (κ2) is 14.7. The maximum Gasteiger partial charge on any atom is 0.289 e. The Morgan fingerprint density at radius 2 is 1.50 bits per heavy atom. The van der Waals surface area contributed by atoms with Crippen LogP contribution < -0.4 is 14.7 Å². The molecule has 3 N–H and O–H groups in total. The van der Waals surface area contributed by atoms with Gasteiger partial charge in [0.05, 0.1) is 13.2 Å². The van der Waals surface area contributed by atoms with Crippen LogP contribution in [0.2, 0.25) is 0 Å². The van der Waals surface area contributed by atoms with Crippen LogP contribution >= 0.6 is 7.52 Å². The van der Waals surface area contributed by atoms with Crippen molar-refractivity contribution in [1.29, 1.82) is 0 Å². The van der Waals surface area contributed by atoms with Gasteiger partial charge in [0.2, 0.25) is 11.6 Å². The summed E-state index contributed by atoms with van der Waals surface area (Å²) in [6.07, 6.45) is 9.11. The van der Waals surface area contributed by atoms with Gasteiger partial charge in [0.1, 0.15) is 0 Å². The molecule has 1 unspecified atom stereocenters. The molecule has 0 heterocycles. The number of benzene rings is 1. The lowest BCUT2D eigenvalue weighted by molar-refractivity contribution is 0.222. The molecule has 0 bridgehead atoms. The molecular weight excluding hydrogens is 415 g/mol. The molecule has 30 heavy (non-hydrogen) atoms. The SMILES string of the molecule is CCOc1c(CC)cc(OCCCCCCCCCCCP(=O)(O)NO)c(F)c1F. The highest BCUT2D eigenvalue weighted by molar-refractivity contribution is 7.55. The fraction of sp³-hybridized carbons (Fsp3) is 0.714. The van der Waals surface area contributed by atoms with Crippen molar-refractivity contribution >= 4 is 7.52 Å².